The van der Waals surface area contributed by atoms with Crippen molar-refractivity contribution in [3.63, 3.8) is 0 Å². The van der Waals surface area contributed by atoms with E-state index in [-0.39, 0.29) is 0 Å². The average molecular weight is 284 g/mol. The molecule has 1 fully saturated rings. The van der Waals surface area contributed by atoms with Gasteiger partial charge in [0.05, 0.1) is 6.61 Å². The summed E-state index contributed by atoms with van der Waals surface area (Å²) in [6.07, 6.45) is 0. The SMILES string of the molecule is CCOc1ccc2ccccc2c1[C@@H](C)N1CCNCC1. The van der Waals surface area contributed by atoms with Crippen molar-refractivity contribution >= 4 is 10.8 Å². The molecule has 21 heavy (non-hydrogen) atoms. The highest BCUT2D eigenvalue weighted by Crippen LogP contribution is 2.36. The third kappa shape index (κ3) is 2.89. The van der Waals surface area contributed by atoms with Gasteiger partial charge in [-0.2, -0.15) is 0 Å². The molecule has 1 saturated heterocycles. The highest BCUT2D eigenvalue weighted by Gasteiger charge is 2.22. The van der Waals surface area contributed by atoms with Crippen LogP contribution in [0.3, 0.4) is 0 Å². The Morgan fingerprint density at radius 1 is 1.14 bits per heavy atom. The molecule has 0 amide bonds. The molecule has 0 saturated carbocycles. The number of piperazine rings is 1. The van der Waals surface area contributed by atoms with Crippen LogP contribution >= 0.6 is 0 Å². The predicted molar refractivity (Wildman–Crippen MR) is 88.0 cm³/mol. The van der Waals surface area contributed by atoms with Crippen molar-refractivity contribution in [3.8, 4) is 5.75 Å². The minimum atomic E-state index is 0.375. The van der Waals surface area contributed by atoms with E-state index in [1.165, 1.54) is 16.3 Å². The first-order valence-electron chi connectivity index (χ1n) is 7.90. The summed E-state index contributed by atoms with van der Waals surface area (Å²) in [5.74, 6) is 1.03. The topological polar surface area (TPSA) is 24.5 Å². The van der Waals surface area contributed by atoms with E-state index in [1.54, 1.807) is 0 Å². The van der Waals surface area contributed by atoms with Crippen molar-refractivity contribution in [2.24, 2.45) is 0 Å². The lowest BCUT2D eigenvalue weighted by molar-refractivity contribution is 0.182. The molecule has 0 radical (unpaired) electrons. The summed E-state index contributed by atoms with van der Waals surface area (Å²) in [4.78, 5) is 2.54. The molecule has 112 valence electrons. The Balaban J connectivity index is 2.06. The maximum atomic E-state index is 5.91. The van der Waals surface area contributed by atoms with Crippen LogP contribution < -0.4 is 10.1 Å². The molecular weight excluding hydrogens is 260 g/mol. The quantitative estimate of drug-likeness (QED) is 0.933. The minimum absolute atomic E-state index is 0.375. The van der Waals surface area contributed by atoms with Gasteiger partial charge in [0.1, 0.15) is 5.75 Å². The molecule has 0 unspecified atom stereocenters. The smallest absolute Gasteiger partial charge is 0.124 e. The normalized spacial score (nSPS) is 17.8. The summed E-state index contributed by atoms with van der Waals surface area (Å²) in [6.45, 7) is 9.38. The number of ether oxygens (including phenoxy) is 1. The van der Waals surface area contributed by atoms with Crippen molar-refractivity contribution in [1.29, 1.82) is 0 Å². The fourth-order valence-corrected chi connectivity index (χ4v) is 3.24. The van der Waals surface area contributed by atoms with E-state index in [4.69, 9.17) is 4.74 Å². The van der Waals surface area contributed by atoms with Gasteiger partial charge in [-0.1, -0.05) is 30.3 Å². The van der Waals surface area contributed by atoms with Crippen molar-refractivity contribution in [1.82, 2.24) is 10.2 Å². The van der Waals surface area contributed by atoms with Crippen molar-refractivity contribution < 1.29 is 4.74 Å². The van der Waals surface area contributed by atoms with Crippen molar-refractivity contribution in [3.05, 3.63) is 42.0 Å². The van der Waals surface area contributed by atoms with Crippen LogP contribution in [0.4, 0.5) is 0 Å². The Labute approximate surface area is 126 Å². The third-order valence-corrected chi connectivity index (χ3v) is 4.35. The Morgan fingerprint density at radius 2 is 1.90 bits per heavy atom. The number of benzene rings is 2. The first kappa shape index (κ1) is 14.4. The summed E-state index contributed by atoms with van der Waals surface area (Å²) in [7, 11) is 0. The zero-order valence-corrected chi connectivity index (χ0v) is 12.9. The fourth-order valence-electron chi connectivity index (χ4n) is 3.24. The Morgan fingerprint density at radius 3 is 2.67 bits per heavy atom. The van der Waals surface area contributed by atoms with Crippen molar-refractivity contribution in [2.45, 2.75) is 19.9 Å². The van der Waals surface area contributed by atoms with Crippen molar-refractivity contribution in [2.75, 3.05) is 32.8 Å². The predicted octanol–water partition coefficient (Wildman–Crippen LogP) is 3.20. The van der Waals surface area contributed by atoms with Gasteiger partial charge in [-0.15, -0.1) is 0 Å². The van der Waals surface area contributed by atoms with E-state index >= 15 is 0 Å². The summed E-state index contributed by atoms with van der Waals surface area (Å²) >= 11 is 0. The second-order valence-corrected chi connectivity index (χ2v) is 5.59. The van der Waals surface area contributed by atoms with E-state index in [1.807, 2.05) is 0 Å². The molecule has 3 heteroatoms. The van der Waals surface area contributed by atoms with Gasteiger partial charge >= 0.3 is 0 Å². The van der Waals surface area contributed by atoms with Crippen LogP contribution in [0.2, 0.25) is 0 Å². The van der Waals surface area contributed by atoms with Gasteiger partial charge < -0.3 is 10.1 Å². The summed E-state index contributed by atoms with van der Waals surface area (Å²) in [5.41, 5.74) is 1.33. The van der Waals surface area contributed by atoms with E-state index < -0.39 is 0 Å². The fraction of sp³-hybridized carbons (Fsp3) is 0.444. The van der Waals surface area contributed by atoms with Crippen LogP contribution in [0.25, 0.3) is 10.8 Å². The molecular formula is C18H24N2O. The second-order valence-electron chi connectivity index (χ2n) is 5.59. The molecule has 1 aliphatic rings. The molecule has 2 aromatic carbocycles. The standard InChI is InChI=1S/C18H24N2O/c1-3-21-17-9-8-15-6-4-5-7-16(15)18(17)14(2)20-12-10-19-11-13-20/h4-9,14,19H,3,10-13H2,1-2H3/t14-/m1/s1. The minimum Gasteiger partial charge on any atom is -0.494 e. The molecule has 1 atom stereocenters. The van der Waals surface area contributed by atoms with Crippen LogP contribution in [-0.4, -0.2) is 37.7 Å². The summed E-state index contributed by atoms with van der Waals surface area (Å²) < 4.78 is 5.91. The number of nitrogens with one attached hydrogen (secondary N) is 1. The molecule has 0 bridgehead atoms. The van der Waals surface area contributed by atoms with Gasteiger partial charge in [0.25, 0.3) is 0 Å². The number of fused-ring (bicyclic) bond motifs is 1. The van der Waals surface area contributed by atoms with Crippen LogP contribution in [-0.2, 0) is 0 Å². The molecule has 0 aromatic heterocycles. The second kappa shape index (κ2) is 6.46. The molecule has 1 aliphatic heterocycles. The Kier molecular flexibility index (Phi) is 4.42. The first-order chi connectivity index (χ1) is 10.3. The average Bonchev–Trinajstić information content (AvgIpc) is 2.55. The van der Waals surface area contributed by atoms with Crippen LogP contribution in [0.15, 0.2) is 36.4 Å². The Hall–Kier alpha value is -1.58. The molecule has 3 nitrogen and oxygen atoms in total. The molecule has 1 N–H and O–H groups in total. The maximum absolute atomic E-state index is 5.91. The molecule has 2 aromatic rings. The number of hydrogen-bond acceptors (Lipinski definition) is 3. The van der Waals surface area contributed by atoms with Gasteiger partial charge in [0.2, 0.25) is 0 Å². The monoisotopic (exact) mass is 284 g/mol. The Bertz CT molecular complexity index is 605. The van der Waals surface area contributed by atoms with Crippen LogP contribution in [0, 0.1) is 0 Å². The molecule has 1 heterocycles. The van der Waals surface area contributed by atoms with Crippen LogP contribution in [0.1, 0.15) is 25.5 Å². The third-order valence-electron chi connectivity index (χ3n) is 4.35. The highest BCUT2D eigenvalue weighted by molar-refractivity contribution is 5.88. The number of rotatable bonds is 4. The molecule has 0 aliphatic carbocycles. The van der Waals surface area contributed by atoms with Gasteiger partial charge in [-0.3, -0.25) is 4.90 Å². The number of nitrogens with zero attached hydrogens (tertiary/aromatic N) is 1. The zero-order valence-electron chi connectivity index (χ0n) is 12.9. The van der Waals surface area contributed by atoms with E-state index in [2.05, 4.69) is 60.5 Å². The van der Waals surface area contributed by atoms with Gasteiger partial charge in [0, 0.05) is 37.8 Å². The van der Waals surface area contributed by atoms with E-state index in [0.717, 1.165) is 31.9 Å². The zero-order chi connectivity index (χ0) is 14.7. The van der Waals surface area contributed by atoms with Gasteiger partial charge in [0.15, 0.2) is 0 Å². The van der Waals surface area contributed by atoms with Gasteiger partial charge in [-0.25, -0.2) is 0 Å². The largest absolute Gasteiger partial charge is 0.494 e. The van der Waals surface area contributed by atoms with E-state index in [9.17, 15) is 0 Å². The lowest BCUT2D eigenvalue weighted by atomic mass is 9.97. The van der Waals surface area contributed by atoms with E-state index in [0.29, 0.717) is 12.6 Å². The summed E-state index contributed by atoms with van der Waals surface area (Å²) in [5, 5.41) is 6.03. The number of hydrogen-bond donors (Lipinski definition) is 1. The van der Waals surface area contributed by atoms with Crippen LogP contribution in [0.5, 0.6) is 5.75 Å². The maximum Gasteiger partial charge on any atom is 0.124 e. The lowest BCUT2D eigenvalue weighted by Crippen LogP contribution is -2.44. The lowest BCUT2D eigenvalue weighted by Gasteiger charge is -2.34. The molecule has 0 spiro atoms. The summed E-state index contributed by atoms with van der Waals surface area (Å²) in [6, 6.07) is 13.3. The van der Waals surface area contributed by atoms with Gasteiger partial charge in [-0.05, 0) is 30.7 Å². The molecule has 3 rings (SSSR count). The highest BCUT2D eigenvalue weighted by atomic mass is 16.5. The first-order valence-corrected chi connectivity index (χ1v) is 7.90.